The number of carbonyl (C=O) groups is 1. The monoisotopic (exact) mass is 284 g/mol. The number of benzene rings is 1. The topological polar surface area (TPSA) is 59.4 Å². The van der Waals surface area contributed by atoms with E-state index < -0.39 is 0 Å². The number of anilines is 1. The zero-order valence-corrected chi connectivity index (χ0v) is 12.1. The minimum atomic E-state index is -0.00929. The van der Waals surface area contributed by atoms with Gasteiger partial charge in [0.15, 0.2) is 0 Å². The quantitative estimate of drug-likeness (QED) is 0.905. The molecule has 1 saturated heterocycles. The smallest absolute Gasteiger partial charge is 0.238 e. The first kappa shape index (κ1) is 14.1. The highest BCUT2D eigenvalue weighted by Gasteiger charge is 2.31. The molecule has 2 aliphatic rings. The van der Waals surface area contributed by atoms with Crippen molar-refractivity contribution in [3.8, 4) is 6.07 Å². The fourth-order valence-corrected chi connectivity index (χ4v) is 2.80. The molecular weight excluding hydrogens is 264 g/mol. The highest BCUT2D eigenvalue weighted by molar-refractivity contribution is 5.92. The van der Waals surface area contributed by atoms with Gasteiger partial charge in [-0.05, 0) is 31.0 Å². The lowest BCUT2D eigenvalue weighted by molar-refractivity contribution is -0.117. The number of rotatable bonds is 4. The van der Waals surface area contributed by atoms with Crippen LogP contribution >= 0.6 is 0 Å². The van der Waals surface area contributed by atoms with Gasteiger partial charge in [-0.25, -0.2) is 0 Å². The van der Waals surface area contributed by atoms with Gasteiger partial charge in [-0.2, -0.15) is 5.26 Å². The van der Waals surface area contributed by atoms with Crippen molar-refractivity contribution in [2.45, 2.75) is 18.9 Å². The van der Waals surface area contributed by atoms with Crippen LogP contribution in [-0.2, 0) is 4.79 Å². The Kier molecular flexibility index (Phi) is 4.18. The Hall–Kier alpha value is -1.90. The lowest BCUT2D eigenvalue weighted by atomic mass is 10.2. The summed E-state index contributed by atoms with van der Waals surface area (Å²) in [6.45, 7) is 4.49. The van der Waals surface area contributed by atoms with Gasteiger partial charge in [-0.15, -0.1) is 0 Å². The SMILES string of the molecule is N#Cc1cccc(NC(=O)CN2CCN(C3CC3)CC2)c1. The van der Waals surface area contributed by atoms with Crippen molar-refractivity contribution in [3.63, 3.8) is 0 Å². The maximum atomic E-state index is 12.1. The number of carbonyl (C=O) groups excluding carboxylic acids is 1. The molecule has 1 aromatic rings. The summed E-state index contributed by atoms with van der Waals surface area (Å²) in [6, 6.07) is 9.91. The lowest BCUT2D eigenvalue weighted by Crippen LogP contribution is -2.49. The molecule has 0 aromatic heterocycles. The van der Waals surface area contributed by atoms with Gasteiger partial charge < -0.3 is 5.32 Å². The Morgan fingerprint density at radius 3 is 2.71 bits per heavy atom. The lowest BCUT2D eigenvalue weighted by Gasteiger charge is -2.34. The molecule has 110 valence electrons. The molecule has 2 fully saturated rings. The summed E-state index contributed by atoms with van der Waals surface area (Å²) in [4.78, 5) is 16.8. The Morgan fingerprint density at radius 2 is 2.05 bits per heavy atom. The molecule has 0 atom stereocenters. The Balaban J connectivity index is 1.46. The van der Waals surface area contributed by atoms with Crippen LogP contribution in [0.25, 0.3) is 0 Å². The van der Waals surface area contributed by atoms with Crippen molar-refractivity contribution < 1.29 is 4.79 Å². The molecule has 1 aromatic carbocycles. The molecule has 1 saturated carbocycles. The van der Waals surface area contributed by atoms with Gasteiger partial charge in [-0.3, -0.25) is 14.6 Å². The summed E-state index contributed by atoms with van der Waals surface area (Å²) in [5, 5.41) is 11.7. The average molecular weight is 284 g/mol. The van der Waals surface area contributed by atoms with Gasteiger partial charge in [0.1, 0.15) is 0 Å². The number of nitriles is 1. The minimum Gasteiger partial charge on any atom is -0.325 e. The van der Waals surface area contributed by atoms with Crippen LogP contribution in [0.1, 0.15) is 18.4 Å². The number of hydrogen-bond donors (Lipinski definition) is 1. The normalized spacial score (nSPS) is 20.0. The minimum absolute atomic E-state index is 0.00929. The van der Waals surface area contributed by atoms with E-state index in [4.69, 9.17) is 5.26 Å². The maximum absolute atomic E-state index is 12.1. The number of amides is 1. The van der Waals surface area contributed by atoms with Gasteiger partial charge in [0, 0.05) is 37.9 Å². The van der Waals surface area contributed by atoms with Crippen molar-refractivity contribution in [1.82, 2.24) is 9.80 Å². The van der Waals surface area contributed by atoms with E-state index in [0.29, 0.717) is 17.8 Å². The Bertz CT molecular complexity index is 554. The molecule has 5 nitrogen and oxygen atoms in total. The van der Waals surface area contributed by atoms with Gasteiger partial charge in [0.2, 0.25) is 5.91 Å². The van der Waals surface area contributed by atoms with E-state index in [9.17, 15) is 4.79 Å². The van der Waals surface area contributed by atoms with Gasteiger partial charge >= 0.3 is 0 Å². The van der Waals surface area contributed by atoms with E-state index in [1.807, 2.05) is 6.07 Å². The second-order valence-electron chi connectivity index (χ2n) is 5.78. The van der Waals surface area contributed by atoms with E-state index >= 15 is 0 Å². The van der Waals surface area contributed by atoms with E-state index in [2.05, 4.69) is 21.2 Å². The number of hydrogen-bond acceptors (Lipinski definition) is 4. The molecule has 0 spiro atoms. The van der Waals surface area contributed by atoms with Crippen molar-refractivity contribution in [2.75, 3.05) is 38.0 Å². The molecule has 1 N–H and O–H groups in total. The van der Waals surface area contributed by atoms with Crippen LogP contribution < -0.4 is 5.32 Å². The second kappa shape index (κ2) is 6.25. The molecule has 1 amide bonds. The molecule has 1 aliphatic carbocycles. The predicted octanol–water partition coefficient (Wildman–Crippen LogP) is 1.28. The van der Waals surface area contributed by atoms with Crippen molar-refractivity contribution in [1.29, 1.82) is 5.26 Å². The number of nitrogens with one attached hydrogen (secondary N) is 1. The first-order valence-corrected chi connectivity index (χ1v) is 7.51. The summed E-state index contributed by atoms with van der Waals surface area (Å²) >= 11 is 0. The van der Waals surface area contributed by atoms with Crippen LogP contribution in [-0.4, -0.2) is 54.5 Å². The van der Waals surface area contributed by atoms with Crippen molar-refractivity contribution >= 4 is 11.6 Å². The van der Waals surface area contributed by atoms with Crippen LogP contribution in [0.2, 0.25) is 0 Å². The van der Waals surface area contributed by atoms with Crippen molar-refractivity contribution in [3.05, 3.63) is 29.8 Å². The van der Waals surface area contributed by atoms with Crippen LogP contribution in [0, 0.1) is 11.3 Å². The molecule has 0 unspecified atom stereocenters. The molecule has 0 bridgehead atoms. The van der Waals surface area contributed by atoms with E-state index in [-0.39, 0.29) is 5.91 Å². The fraction of sp³-hybridized carbons (Fsp3) is 0.500. The zero-order valence-electron chi connectivity index (χ0n) is 12.1. The highest BCUT2D eigenvalue weighted by atomic mass is 16.2. The molecule has 5 heteroatoms. The summed E-state index contributed by atoms with van der Waals surface area (Å²) < 4.78 is 0. The molecule has 3 rings (SSSR count). The van der Waals surface area contributed by atoms with Crippen molar-refractivity contribution in [2.24, 2.45) is 0 Å². The average Bonchev–Trinajstić information content (AvgIpc) is 3.33. The maximum Gasteiger partial charge on any atom is 0.238 e. The molecular formula is C16H20N4O. The molecule has 21 heavy (non-hydrogen) atoms. The largest absolute Gasteiger partial charge is 0.325 e. The third-order valence-corrected chi connectivity index (χ3v) is 4.11. The van der Waals surface area contributed by atoms with Gasteiger partial charge in [-0.1, -0.05) is 6.07 Å². The first-order valence-electron chi connectivity index (χ1n) is 7.51. The summed E-state index contributed by atoms with van der Waals surface area (Å²) in [5.74, 6) is -0.00929. The first-order chi connectivity index (χ1) is 10.2. The fourth-order valence-electron chi connectivity index (χ4n) is 2.80. The third-order valence-electron chi connectivity index (χ3n) is 4.11. The van der Waals surface area contributed by atoms with Gasteiger partial charge in [0.05, 0.1) is 18.2 Å². The second-order valence-corrected chi connectivity index (χ2v) is 5.78. The predicted molar refractivity (Wildman–Crippen MR) is 80.8 cm³/mol. The Labute approximate surface area is 125 Å². The zero-order chi connectivity index (χ0) is 14.7. The van der Waals surface area contributed by atoms with Crippen LogP contribution in [0.3, 0.4) is 0 Å². The van der Waals surface area contributed by atoms with Crippen LogP contribution in [0.4, 0.5) is 5.69 Å². The summed E-state index contributed by atoms with van der Waals surface area (Å²) in [7, 11) is 0. The van der Waals surface area contributed by atoms with Crippen LogP contribution in [0.15, 0.2) is 24.3 Å². The third kappa shape index (κ3) is 3.81. The number of piperazine rings is 1. The van der Waals surface area contributed by atoms with Gasteiger partial charge in [0.25, 0.3) is 0 Å². The number of nitrogens with zero attached hydrogens (tertiary/aromatic N) is 3. The van der Waals surface area contributed by atoms with E-state index in [0.717, 1.165) is 32.2 Å². The molecule has 0 radical (unpaired) electrons. The summed E-state index contributed by atoms with van der Waals surface area (Å²) in [6.07, 6.45) is 2.69. The van der Waals surface area contributed by atoms with Crippen LogP contribution in [0.5, 0.6) is 0 Å². The highest BCUT2D eigenvalue weighted by Crippen LogP contribution is 2.27. The Morgan fingerprint density at radius 1 is 1.29 bits per heavy atom. The molecule has 1 heterocycles. The van der Waals surface area contributed by atoms with E-state index in [1.54, 1.807) is 18.2 Å². The molecule has 1 aliphatic heterocycles. The standard InChI is InChI=1S/C16H20N4O/c17-11-13-2-1-3-14(10-13)18-16(21)12-19-6-8-20(9-7-19)15-4-5-15/h1-3,10,15H,4-9,12H2,(H,18,21). The summed E-state index contributed by atoms with van der Waals surface area (Å²) in [5.41, 5.74) is 1.25. The van der Waals surface area contributed by atoms with E-state index in [1.165, 1.54) is 12.8 Å².